The van der Waals surface area contributed by atoms with Crippen LogP contribution in [0.3, 0.4) is 0 Å². The van der Waals surface area contributed by atoms with E-state index in [0.29, 0.717) is 27.1 Å². The van der Waals surface area contributed by atoms with Gasteiger partial charge in [0.05, 0.1) is 12.8 Å². The Hall–Kier alpha value is -3.17. The summed E-state index contributed by atoms with van der Waals surface area (Å²) in [5.41, 5.74) is 5.30. The van der Waals surface area contributed by atoms with Gasteiger partial charge >= 0.3 is 6.18 Å². The second-order valence-electron chi connectivity index (χ2n) is 5.56. The highest BCUT2D eigenvalue weighted by Gasteiger charge is 2.30. The monoisotopic (exact) mass is 365 g/mol. The van der Waals surface area contributed by atoms with Crippen LogP contribution < -0.4 is 16.0 Å². The number of anilines is 1. The van der Waals surface area contributed by atoms with Gasteiger partial charge in [-0.15, -0.1) is 0 Å². The summed E-state index contributed by atoms with van der Waals surface area (Å²) < 4.78 is 44.6. The van der Waals surface area contributed by atoms with Gasteiger partial charge in [0.15, 0.2) is 0 Å². The predicted octanol–water partition coefficient (Wildman–Crippen LogP) is 2.32. The molecule has 0 spiro atoms. The van der Waals surface area contributed by atoms with E-state index < -0.39 is 18.3 Å². The van der Waals surface area contributed by atoms with Crippen molar-refractivity contribution >= 4 is 17.0 Å². The summed E-state index contributed by atoms with van der Waals surface area (Å²) in [5.74, 6) is 0.113. The molecule has 0 aliphatic carbocycles. The molecule has 2 N–H and O–H groups in total. The van der Waals surface area contributed by atoms with Crippen LogP contribution in [0.15, 0.2) is 29.2 Å². The minimum atomic E-state index is -4.61. The fourth-order valence-corrected chi connectivity index (χ4v) is 2.60. The maximum absolute atomic E-state index is 13.0. The molecule has 3 heterocycles. The van der Waals surface area contributed by atoms with E-state index >= 15 is 0 Å². The van der Waals surface area contributed by atoms with E-state index in [9.17, 15) is 18.0 Å². The SMILES string of the molecule is COc1ccc(-c2cc3c(C)nc(N)nc3n(CC(F)(F)F)c2=O)cn1. The van der Waals surface area contributed by atoms with Crippen molar-refractivity contribution in [3.05, 3.63) is 40.4 Å². The van der Waals surface area contributed by atoms with Crippen molar-refractivity contribution in [3.63, 3.8) is 0 Å². The predicted molar refractivity (Wildman–Crippen MR) is 88.8 cm³/mol. The summed E-state index contributed by atoms with van der Waals surface area (Å²) in [6.07, 6.45) is -3.26. The summed E-state index contributed by atoms with van der Waals surface area (Å²) in [5, 5.41) is 0.300. The lowest BCUT2D eigenvalue weighted by Crippen LogP contribution is -2.30. The number of ether oxygens (including phenoxy) is 1. The molecule has 0 aliphatic heterocycles. The van der Waals surface area contributed by atoms with E-state index in [-0.39, 0.29) is 17.2 Å². The zero-order valence-electron chi connectivity index (χ0n) is 13.8. The molecule has 0 radical (unpaired) electrons. The molecular formula is C16H14F3N5O2. The molecule has 3 aromatic heterocycles. The molecule has 10 heteroatoms. The van der Waals surface area contributed by atoms with Crippen LogP contribution in [0.1, 0.15) is 5.69 Å². The van der Waals surface area contributed by atoms with E-state index in [4.69, 9.17) is 10.5 Å². The van der Waals surface area contributed by atoms with Crippen molar-refractivity contribution in [2.45, 2.75) is 19.6 Å². The van der Waals surface area contributed by atoms with E-state index in [0.717, 1.165) is 0 Å². The number of halogens is 3. The van der Waals surface area contributed by atoms with Crippen LogP contribution >= 0.6 is 0 Å². The second-order valence-corrected chi connectivity index (χ2v) is 5.56. The third kappa shape index (κ3) is 3.30. The van der Waals surface area contributed by atoms with Crippen LogP contribution in [-0.2, 0) is 6.54 Å². The molecule has 136 valence electrons. The van der Waals surface area contributed by atoms with Crippen LogP contribution in [0.25, 0.3) is 22.2 Å². The summed E-state index contributed by atoms with van der Waals surface area (Å²) in [7, 11) is 1.43. The molecule has 3 aromatic rings. The highest BCUT2D eigenvalue weighted by atomic mass is 19.4. The van der Waals surface area contributed by atoms with Gasteiger partial charge < -0.3 is 10.5 Å². The minimum absolute atomic E-state index is 0.0494. The van der Waals surface area contributed by atoms with Crippen LogP contribution in [-0.4, -0.2) is 32.8 Å². The molecule has 0 bridgehead atoms. The molecule has 0 aromatic carbocycles. The summed E-state index contributed by atoms with van der Waals surface area (Å²) in [4.78, 5) is 24.5. The van der Waals surface area contributed by atoms with Crippen molar-refractivity contribution in [2.24, 2.45) is 0 Å². The van der Waals surface area contributed by atoms with Crippen molar-refractivity contribution in [1.29, 1.82) is 0 Å². The maximum atomic E-state index is 13.0. The standard InChI is InChI=1S/C16H14F3N5O2/c1-8-10-5-11(9-3-4-12(26-2)21-6-9)14(25)24(7-16(17,18)19)13(10)23-15(20)22-8/h3-6H,7H2,1-2H3,(H2,20,22,23). The number of methoxy groups -OCH3 is 1. The van der Waals surface area contributed by atoms with Crippen LogP contribution in [0.5, 0.6) is 5.88 Å². The van der Waals surface area contributed by atoms with E-state index in [1.54, 1.807) is 13.0 Å². The molecule has 0 unspecified atom stereocenters. The number of fused-ring (bicyclic) bond motifs is 1. The lowest BCUT2D eigenvalue weighted by Gasteiger charge is -2.15. The van der Waals surface area contributed by atoms with Crippen molar-refractivity contribution in [3.8, 4) is 17.0 Å². The zero-order chi connectivity index (χ0) is 19.1. The number of nitrogen functional groups attached to an aromatic ring is 1. The van der Waals surface area contributed by atoms with Gasteiger partial charge in [-0.3, -0.25) is 9.36 Å². The molecule has 0 saturated heterocycles. The first-order valence-electron chi connectivity index (χ1n) is 7.44. The molecule has 0 saturated carbocycles. The Balaban J connectivity index is 2.33. The largest absolute Gasteiger partial charge is 0.481 e. The van der Waals surface area contributed by atoms with Crippen molar-refractivity contribution in [2.75, 3.05) is 12.8 Å². The van der Waals surface area contributed by atoms with Crippen LogP contribution in [0.4, 0.5) is 19.1 Å². The van der Waals surface area contributed by atoms with E-state index in [1.807, 2.05) is 0 Å². The number of alkyl halides is 3. The molecule has 26 heavy (non-hydrogen) atoms. The van der Waals surface area contributed by atoms with Gasteiger partial charge in [-0.1, -0.05) is 0 Å². The Morgan fingerprint density at radius 1 is 1.27 bits per heavy atom. The number of hydrogen-bond donors (Lipinski definition) is 1. The highest BCUT2D eigenvalue weighted by Crippen LogP contribution is 2.25. The lowest BCUT2D eigenvalue weighted by atomic mass is 10.1. The Bertz CT molecular complexity index is 1030. The molecule has 3 rings (SSSR count). The first-order chi connectivity index (χ1) is 12.2. The fourth-order valence-electron chi connectivity index (χ4n) is 2.60. The maximum Gasteiger partial charge on any atom is 0.406 e. The Morgan fingerprint density at radius 2 is 2.00 bits per heavy atom. The number of nitrogens with zero attached hydrogens (tertiary/aromatic N) is 4. The molecular weight excluding hydrogens is 351 g/mol. The summed E-state index contributed by atoms with van der Waals surface area (Å²) in [6, 6.07) is 4.50. The Kier molecular flexibility index (Phi) is 4.26. The number of aryl methyl sites for hydroxylation is 1. The molecule has 0 amide bonds. The molecule has 0 fully saturated rings. The summed E-state index contributed by atoms with van der Waals surface area (Å²) in [6.45, 7) is 0.0917. The topological polar surface area (TPSA) is 95.9 Å². The number of rotatable bonds is 3. The van der Waals surface area contributed by atoms with E-state index in [1.165, 1.54) is 25.4 Å². The van der Waals surface area contributed by atoms with Gasteiger partial charge in [0.1, 0.15) is 12.2 Å². The number of nitrogens with two attached hydrogens (primary N) is 1. The minimum Gasteiger partial charge on any atom is -0.481 e. The fraction of sp³-hybridized carbons (Fsp3) is 0.250. The van der Waals surface area contributed by atoms with Gasteiger partial charge in [-0.05, 0) is 19.1 Å². The van der Waals surface area contributed by atoms with Gasteiger partial charge in [0, 0.05) is 28.8 Å². The van der Waals surface area contributed by atoms with Gasteiger partial charge in [-0.25, -0.2) is 9.97 Å². The first kappa shape index (κ1) is 17.6. The molecule has 0 atom stereocenters. The third-order valence-electron chi connectivity index (χ3n) is 3.75. The van der Waals surface area contributed by atoms with Crippen LogP contribution in [0, 0.1) is 6.92 Å². The number of aromatic nitrogens is 4. The average Bonchev–Trinajstić information content (AvgIpc) is 2.57. The third-order valence-corrected chi connectivity index (χ3v) is 3.75. The van der Waals surface area contributed by atoms with Crippen molar-refractivity contribution < 1.29 is 17.9 Å². The van der Waals surface area contributed by atoms with Gasteiger partial charge in [-0.2, -0.15) is 18.2 Å². The van der Waals surface area contributed by atoms with E-state index in [2.05, 4.69) is 15.0 Å². The van der Waals surface area contributed by atoms with Crippen molar-refractivity contribution in [1.82, 2.24) is 19.5 Å². The molecule has 7 nitrogen and oxygen atoms in total. The average molecular weight is 365 g/mol. The number of pyridine rings is 2. The summed E-state index contributed by atoms with van der Waals surface area (Å²) >= 11 is 0. The smallest absolute Gasteiger partial charge is 0.406 e. The quantitative estimate of drug-likeness (QED) is 0.765. The van der Waals surface area contributed by atoms with Crippen LogP contribution in [0.2, 0.25) is 0 Å². The second kappa shape index (κ2) is 6.28. The Labute approximate surface area is 145 Å². The normalized spacial score (nSPS) is 11.7. The zero-order valence-corrected chi connectivity index (χ0v) is 13.8. The lowest BCUT2D eigenvalue weighted by molar-refractivity contribution is -0.140. The Morgan fingerprint density at radius 3 is 2.58 bits per heavy atom. The first-order valence-corrected chi connectivity index (χ1v) is 7.44. The highest BCUT2D eigenvalue weighted by molar-refractivity contribution is 5.83. The number of hydrogen-bond acceptors (Lipinski definition) is 6. The van der Waals surface area contributed by atoms with Gasteiger partial charge in [0.2, 0.25) is 11.8 Å². The molecule has 0 aliphatic rings. The van der Waals surface area contributed by atoms with Gasteiger partial charge in [0.25, 0.3) is 5.56 Å².